The molecule has 3 rings (SSSR count). The Morgan fingerprint density at radius 1 is 0.767 bits per heavy atom. The van der Waals surface area contributed by atoms with Gasteiger partial charge < -0.3 is 56.6 Å². The van der Waals surface area contributed by atoms with Crippen LogP contribution in [0.25, 0.3) is 0 Å². The van der Waals surface area contributed by atoms with E-state index < -0.39 is 49.2 Å². The van der Waals surface area contributed by atoms with Crippen molar-refractivity contribution in [3.05, 3.63) is 0 Å². The van der Waals surface area contributed by atoms with Crippen LogP contribution in [0.4, 0.5) is 0 Å². The van der Waals surface area contributed by atoms with E-state index in [1.54, 1.807) is 0 Å². The highest BCUT2D eigenvalue weighted by Crippen LogP contribution is 2.33. The number of aliphatic hydroxyl groups excluding tert-OH is 4. The molecule has 11 heteroatoms. The Kier molecular flexibility index (Phi) is 8.43. The van der Waals surface area contributed by atoms with Crippen molar-refractivity contribution in [2.45, 2.75) is 100 Å². The molecule has 1 aliphatic carbocycles. The smallest absolute Gasteiger partial charge is 0.161 e. The molecule has 0 aromatic carbocycles. The summed E-state index contributed by atoms with van der Waals surface area (Å²) in [6.07, 6.45) is -5.80. The first kappa shape index (κ1) is 24.2. The second-order valence-electron chi connectivity index (χ2n) is 8.73. The number of rotatable bonds is 6. The zero-order chi connectivity index (χ0) is 22.0. The van der Waals surface area contributed by atoms with Gasteiger partial charge in [0.05, 0.1) is 24.4 Å². The lowest BCUT2D eigenvalue weighted by molar-refractivity contribution is -0.283. The summed E-state index contributed by atoms with van der Waals surface area (Å²) in [5.74, 6) is 0.0862. The van der Waals surface area contributed by atoms with Gasteiger partial charge in [0.2, 0.25) is 0 Å². The Morgan fingerprint density at radius 2 is 1.23 bits per heavy atom. The van der Waals surface area contributed by atoms with Crippen molar-refractivity contribution >= 4 is 0 Å². The highest BCUT2D eigenvalue weighted by molar-refractivity contribution is 4.91. The first-order valence-electron chi connectivity index (χ1n) is 10.7. The molecule has 30 heavy (non-hydrogen) atoms. The molecule has 2 aliphatic heterocycles. The van der Waals surface area contributed by atoms with E-state index in [9.17, 15) is 20.4 Å². The van der Waals surface area contributed by atoms with Crippen LogP contribution in [0, 0.1) is 5.92 Å². The van der Waals surface area contributed by atoms with E-state index in [4.69, 9.17) is 36.1 Å². The van der Waals surface area contributed by atoms with Crippen molar-refractivity contribution in [3.8, 4) is 0 Å². The van der Waals surface area contributed by atoms with E-state index in [0.29, 0.717) is 12.8 Å². The van der Waals surface area contributed by atoms with Gasteiger partial charge in [-0.3, -0.25) is 0 Å². The fourth-order valence-electron chi connectivity index (χ4n) is 4.48. The van der Waals surface area contributed by atoms with Crippen molar-refractivity contribution in [3.63, 3.8) is 0 Å². The van der Waals surface area contributed by atoms with E-state index in [1.807, 2.05) is 6.92 Å². The van der Waals surface area contributed by atoms with E-state index in [0.717, 1.165) is 0 Å². The molecule has 10 N–H and O–H groups in total. The maximum absolute atomic E-state index is 10.0. The van der Waals surface area contributed by atoms with Crippen LogP contribution < -0.4 is 17.2 Å². The molecule has 2 heterocycles. The molecule has 0 amide bonds. The third-order valence-corrected chi connectivity index (χ3v) is 6.41. The minimum Gasteiger partial charge on any atom is -0.390 e. The van der Waals surface area contributed by atoms with Gasteiger partial charge in [0, 0.05) is 32.0 Å². The molecule has 3 aliphatic rings. The van der Waals surface area contributed by atoms with Gasteiger partial charge in [-0.2, -0.15) is 0 Å². The van der Waals surface area contributed by atoms with Gasteiger partial charge in [0.1, 0.15) is 24.4 Å². The van der Waals surface area contributed by atoms with Crippen molar-refractivity contribution in [1.82, 2.24) is 0 Å². The molecule has 176 valence electrons. The predicted molar refractivity (Wildman–Crippen MR) is 105 cm³/mol. The Labute approximate surface area is 176 Å². The number of hydrogen-bond acceptors (Lipinski definition) is 11. The van der Waals surface area contributed by atoms with Gasteiger partial charge in [-0.15, -0.1) is 0 Å². The summed E-state index contributed by atoms with van der Waals surface area (Å²) in [7, 11) is 0. The Hall–Kier alpha value is -0.440. The van der Waals surface area contributed by atoms with Crippen LogP contribution in [-0.2, 0) is 18.9 Å². The Balaban J connectivity index is 1.53. The van der Waals surface area contributed by atoms with Gasteiger partial charge in [-0.1, -0.05) is 6.92 Å². The maximum Gasteiger partial charge on any atom is 0.161 e. The molecule has 0 radical (unpaired) electrons. The van der Waals surface area contributed by atoms with Gasteiger partial charge in [0.15, 0.2) is 12.6 Å². The molecule has 3 fully saturated rings. The van der Waals surface area contributed by atoms with Gasteiger partial charge in [0.25, 0.3) is 0 Å². The third-order valence-electron chi connectivity index (χ3n) is 6.41. The zero-order valence-corrected chi connectivity index (χ0v) is 17.3. The summed E-state index contributed by atoms with van der Waals surface area (Å²) in [6, 6.07) is -0.334. The van der Waals surface area contributed by atoms with E-state index >= 15 is 0 Å². The summed E-state index contributed by atoms with van der Waals surface area (Å²) in [5, 5.41) is 39.9. The summed E-state index contributed by atoms with van der Waals surface area (Å²) in [6.45, 7) is 2.18. The highest BCUT2D eigenvalue weighted by Gasteiger charge is 2.43. The Morgan fingerprint density at radius 3 is 1.70 bits per heavy atom. The summed E-state index contributed by atoms with van der Waals surface area (Å²) in [5.41, 5.74) is 17.5. The molecular formula is C19H37N3O8. The average molecular weight is 436 g/mol. The fourth-order valence-corrected chi connectivity index (χ4v) is 4.48. The SMILES string of the molecule is C[C@@H]1CC(O[C@H]2CC(O)[C@H](O)C(CN)O2)C(N)CC1OC1CC(O)[C@H](O)C(CN)O1. The molecule has 0 bridgehead atoms. The lowest BCUT2D eigenvalue weighted by Crippen LogP contribution is -2.56. The number of hydrogen-bond donors (Lipinski definition) is 7. The van der Waals surface area contributed by atoms with Crippen LogP contribution >= 0.6 is 0 Å². The van der Waals surface area contributed by atoms with Crippen LogP contribution in [0.1, 0.15) is 32.6 Å². The molecule has 8 unspecified atom stereocenters. The lowest BCUT2D eigenvalue weighted by Gasteiger charge is -2.44. The second kappa shape index (κ2) is 10.5. The summed E-state index contributed by atoms with van der Waals surface area (Å²) in [4.78, 5) is 0. The largest absolute Gasteiger partial charge is 0.390 e. The van der Waals surface area contributed by atoms with E-state index in [2.05, 4.69) is 0 Å². The summed E-state index contributed by atoms with van der Waals surface area (Å²) < 4.78 is 23.4. The molecule has 0 aromatic heterocycles. The van der Waals surface area contributed by atoms with Crippen molar-refractivity contribution in [2.75, 3.05) is 13.1 Å². The third kappa shape index (κ3) is 5.48. The quantitative estimate of drug-likeness (QED) is 0.226. The van der Waals surface area contributed by atoms with Crippen LogP contribution in [-0.4, -0.2) is 101 Å². The fraction of sp³-hybridized carbons (Fsp3) is 1.00. The normalized spacial score (nSPS) is 50.4. The monoisotopic (exact) mass is 435 g/mol. The number of ether oxygens (including phenoxy) is 4. The predicted octanol–water partition coefficient (Wildman–Crippen LogP) is -2.89. The van der Waals surface area contributed by atoms with Crippen LogP contribution in [0.5, 0.6) is 0 Å². The van der Waals surface area contributed by atoms with Gasteiger partial charge in [-0.25, -0.2) is 0 Å². The number of nitrogens with two attached hydrogens (primary N) is 3. The first-order valence-corrected chi connectivity index (χ1v) is 10.7. The van der Waals surface area contributed by atoms with Crippen molar-refractivity contribution in [1.29, 1.82) is 0 Å². The van der Waals surface area contributed by atoms with Gasteiger partial charge >= 0.3 is 0 Å². The molecule has 12 atom stereocenters. The Bertz CT molecular complexity index is 500. The van der Waals surface area contributed by atoms with Crippen molar-refractivity contribution < 1.29 is 39.4 Å². The van der Waals surface area contributed by atoms with Gasteiger partial charge in [-0.05, 0) is 18.8 Å². The standard InChI is InChI=1S/C19H37N3O8/c1-8-2-13(28-17-5-11(24)19(26)15(7-21)30-17)9(22)3-12(8)27-16-4-10(23)18(25)14(6-20)29-16/h8-19,23-26H,2-7,20-22H2,1H3/t8-,9?,10?,11?,12?,13?,14?,15?,16?,17-,18+,19+/m1/s1. The second-order valence-corrected chi connectivity index (χ2v) is 8.73. The van der Waals surface area contributed by atoms with Crippen LogP contribution in [0.15, 0.2) is 0 Å². The molecular weight excluding hydrogens is 398 g/mol. The average Bonchev–Trinajstić information content (AvgIpc) is 2.70. The maximum atomic E-state index is 10.0. The molecule has 11 nitrogen and oxygen atoms in total. The van der Waals surface area contributed by atoms with Crippen LogP contribution in [0.3, 0.4) is 0 Å². The summed E-state index contributed by atoms with van der Waals surface area (Å²) >= 11 is 0. The van der Waals surface area contributed by atoms with E-state index in [1.165, 1.54) is 0 Å². The number of aliphatic hydroxyl groups is 4. The zero-order valence-electron chi connectivity index (χ0n) is 17.3. The minimum absolute atomic E-state index is 0.0762. The lowest BCUT2D eigenvalue weighted by atomic mass is 9.82. The molecule has 0 aromatic rings. The molecule has 1 saturated carbocycles. The topological polar surface area (TPSA) is 196 Å². The molecule has 2 saturated heterocycles. The minimum atomic E-state index is -1.03. The van der Waals surface area contributed by atoms with E-state index in [-0.39, 0.29) is 50.1 Å². The highest BCUT2D eigenvalue weighted by atomic mass is 16.7. The first-order chi connectivity index (χ1) is 14.2. The van der Waals surface area contributed by atoms with Crippen LogP contribution in [0.2, 0.25) is 0 Å². The van der Waals surface area contributed by atoms with Crippen molar-refractivity contribution in [2.24, 2.45) is 23.1 Å². The molecule has 0 spiro atoms.